The van der Waals surface area contributed by atoms with Crippen LogP contribution in [0.2, 0.25) is 0 Å². The number of nitrogens with two attached hydrogens (primary N) is 1. The number of sulfonamides is 1. The molecule has 114 valence electrons. The number of nitrogens with zero attached hydrogens (tertiary/aromatic N) is 2. The Bertz CT molecular complexity index is 701. The zero-order valence-corrected chi connectivity index (χ0v) is 11.7. The molecule has 0 radical (unpaired) electrons. The number of hydrogen-bond donors (Lipinski definition) is 2. The van der Waals surface area contributed by atoms with Gasteiger partial charge in [-0.15, -0.1) is 0 Å². The number of para-hydroxylation sites is 1. The second-order valence-corrected chi connectivity index (χ2v) is 6.11. The lowest BCUT2D eigenvalue weighted by atomic mass is 10.3. The summed E-state index contributed by atoms with van der Waals surface area (Å²) in [6.45, 7) is -1.98. The van der Waals surface area contributed by atoms with Crippen LogP contribution >= 0.6 is 0 Å². The fraction of sp³-hybridized carbons (Fsp3) is 0.250. The van der Waals surface area contributed by atoms with Crippen molar-refractivity contribution in [2.45, 2.75) is 10.8 Å². The van der Waals surface area contributed by atoms with Crippen LogP contribution in [0.3, 0.4) is 0 Å². The predicted octanol–water partition coefficient (Wildman–Crippen LogP) is 0.745. The summed E-state index contributed by atoms with van der Waals surface area (Å²) < 4.78 is 53.0. The highest BCUT2D eigenvalue weighted by Gasteiger charge is 2.29. The molecule has 1 heterocycles. The number of rotatable bonds is 6. The van der Waals surface area contributed by atoms with Crippen LogP contribution in [0.25, 0.3) is 5.69 Å². The van der Waals surface area contributed by atoms with Crippen LogP contribution in [-0.4, -0.2) is 37.2 Å². The molecule has 21 heavy (non-hydrogen) atoms. The Hall–Kier alpha value is -1.84. The zero-order chi connectivity index (χ0) is 15.5. The van der Waals surface area contributed by atoms with E-state index in [2.05, 4.69) is 5.10 Å². The molecule has 9 heteroatoms. The molecule has 0 saturated heterocycles. The van der Waals surface area contributed by atoms with Gasteiger partial charge in [0.1, 0.15) is 4.90 Å². The quantitative estimate of drug-likeness (QED) is 0.822. The molecule has 0 unspecified atom stereocenters. The van der Waals surface area contributed by atoms with Gasteiger partial charge >= 0.3 is 0 Å². The van der Waals surface area contributed by atoms with Crippen LogP contribution in [0, 0.1) is 0 Å². The van der Waals surface area contributed by atoms with Gasteiger partial charge in [-0.25, -0.2) is 26.6 Å². The average Bonchev–Trinajstić information content (AvgIpc) is 2.97. The van der Waals surface area contributed by atoms with Crippen LogP contribution in [0.4, 0.5) is 8.78 Å². The molecule has 2 aromatic rings. The second-order valence-electron chi connectivity index (χ2n) is 4.34. The van der Waals surface area contributed by atoms with Crippen molar-refractivity contribution in [3.8, 4) is 5.69 Å². The molecule has 0 fully saturated rings. The summed E-state index contributed by atoms with van der Waals surface area (Å²) in [6.07, 6.45) is 2.34. The second kappa shape index (κ2) is 5.88. The van der Waals surface area contributed by atoms with E-state index in [0.29, 0.717) is 5.69 Å². The van der Waals surface area contributed by atoms with Crippen molar-refractivity contribution in [3.05, 3.63) is 42.7 Å². The number of hydrogen-bond acceptors (Lipinski definition) is 4. The van der Waals surface area contributed by atoms with Gasteiger partial charge in [-0.1, -0.05) is 18.2 Å². The lowest BCUT2D eigenvalue weighted by Crippen LogP contribution is -2.41. The summed E-state index contributed by atoms with van der Waals surface area (Å²) in [5, 5.41) is 3.90. The molecule has 0 amide bonds. The largest absolute Gasteiger partial charge is 0.325 e. The number of halogens is 2. The number of benzene rings is 1. The normalized spacial score (nSPS) is 12.5. The Morgan fingerprint density at radius 1 is 1.29 bits per heavy atom. The minimum absolute atomic E-state index is 0.195. The predicted molar refractivity (Wildman–Crippen MR) is 72.8 cm³/mol. The van der Waals surface area contributed by atoms with Crippen LogP contribution < -0.4 is 10.5 Å². The van der Waals surface area contributed by atoms with Crippen LogP contribution in [-0.2, 0) is 10.0 Å². The van der Waals surface area contributed by atoms with E-state index in [9.17, 15) is 17.2 Å². The molecular formula is C12H14F2N4O2S. The summed E-state index contributed by atoms with van der Waals surface area (Å²) in [7, 11) is -4.06. The van der Waals surface area contributed by atoms with E-state index in [-0.39, 0.29) is 4.90 Å². The van der Waals surface area contributed by atoms with Gasteiger partial charge in [0.05, 0.1) is 31.2 Å². The molecule has 0 aliphatic rings. The van der Waals surface area contributed by atoms with E-state index < -0.39 is 29.0 Å². The van der Waals surface area contributed by atoms with Crippen molar-refractivity contribution in [2.24, 2.45) is 5.73 Å². The molecule has 2 rings (SSSR count). The molecule has 0 bridgehead atoms. The molecule has 0 atom stereocenters. The third-order valence-electron chi connectivity index (χ3n) is 2.71. The van der Waals surface area contributed by atoms with Gasteiger partial charge in [0.2, 0.25) is 10.0 Å². The fourth-order valence-electron chi connectivity index (χ4n) is 1.52. The summed E-state index contributed by atoms with van der Waals surface area (Å²) in [5.41, 5.74) is 5.51. The summed E-state index contributed by atoms with van der Waals surface area (Å²) >= 11 is 0. The van der Waals surface area contributed by atoms with Gasteiger partial charge in [-0.05, 0) is 12.1 Å². The maximum atomic E-state index is 13.0. The summed E-state index contributed by atoms with van der Waals surface area (Å²) in [4.78, 5) is -0.195. The molecule has 1 aromatic carbocycles. The van der Waals surface area contributed by atoms with E-state index in [4.69, 9.17) is 5.73 Å². The van der Waals surface area contributed by atoms with Gasteiger partial charge in [0.15, 0.2) is 0 Å². The highest BCUT2D eigenvalue weighted by molar-refractivity contribution is 7.89. The maximum absolute atomic E-state index is 13.0. The molecule has 0 aliphatic carbocycles. The first-order chi connectivity index (χ1) is 9.84. The van der Waals surface area contributed by atoms with Crippen molar-refractivity contribution in [2.75, 3.05) is 13.1 Å². The Kier molecular flexibility index (Phi) is 4.35. The van der Waals surface area contributed by atoms with E-state index in [1.807, 2.05) is 4.72 Å². The van der Waals surface area contributed by atoms with Crippen molar-refractivity contribution in [1.29, 1.82) is 0 Å². The molecule has 0 spiro atoms. The Labute approximate surface area is 120 Å². The van der Waals surface area contributed by atoms with Gasteiger partial charge < -0.3 is 5.73 Å². The third kappa shape index (κ3) is 3.84. The minimum Gasteiger partial charge on any atom is -0.325 e. The average molecular weight is 316 g/mol. The van der Waals surface area contributed by atoms with Gasteiger partial charge in [-0.3, -0.25) is 0 Å². The Morgan fingerprint density at radius 3 is 2.57 bits per heavy atom. The van der Waals surface area contributed by atoms with Crippen LogP contribution in [0.15, 0.2) is 47.6 Å². The van der Waals surface area contributed by atoms with E-state index >= 15 is 0 Å². The van der Waals surface area contributed by atoms with E-state index in [1.54, 1.807) is 30.3 Å². The number of nitrogens with one attached hydrogen (secondary N) is 1. The maximum Gasteiger partial charge on any atom is 0.273 e. The van der Waals surface area contributed by atoms with Crippen molar-refractivity contribution in [1.82, 2.24) is 14.5 Å². The van der Waals surface area contributed by atoms with Gasteiger partial charge in [0, 0.05) is 0 Å². The first kappa shape index (κ1) is 15.5. The number of aromatic nitrogens is 2. The fourth-order valence-corrected chi connectivity index (χ4v) is 2.52. The Balaban J connectivity index is 2.17. The van der Waals surface area contributed by atoms with Gasteiger partial charge in [-0.2, -0.15) is 5.10 Å². The minimum atomic E-state index is -4.06. The highest BCUT2D eigenvalue weighted by Crippen LogP contribution is 2.14. The molecule has 0 saturated carbocycles. The zero-order valence-electron chi connectivity index (χ0n) is 10.9. The van der Waals surface area contributed by atoms with Gasteiger partial charge in [0.25, 0.3) is 5.92 Å². The lowest BCUT2D eigenvalue weighted by molar-refractivity contribution is 0.0170. The Morgan fingerprint density at radius 2 is 1.95 bits per heavy atom. The van der Waals surface area contributed by atoms with Crippen molar-refractivity contribution >= 4 is 10.0 Å². The molecular weight excluding hydrogens is 302 g/mol. The van der Waals surface area contributed by atoms with Crippen molar-refractivity contribution in [3.63, 3.8) is 0 Å². The summed E-state index contributed by atoms with van der Waals surface area (Å²) in [5.74, 6) is -3.29. The first-order valence-corrected chi connectivity index (χ1v) is 7.50. The monoisotopic (exact) mass is 316 g/mol. The molecule has 3 N–H and O–H groups in total. The first-order valence-electron chi connectivity index (χ1n) is 6.02. The highest BCUT2D eigenvalue weighted by atomic mass is 32.2. The van der Waals surface area contributed by atoms with Crippen LogP contribution in [0.1, 0.15) is 0 Å². The van der Waals surface area contributed by atoms with Crippen LogP contribution in [0.5, 0.6) is 0 Å². The molecule has 1 aromatic heterocycles. The SMILES string of the molecule is NCC(F)(F)CNS(=O)(=O)c1cnn(-c2ccccc2)c1. The summed E-state index contributed by atoms with van der Waals surface area (Å²) in [6, 6.07) is 8.82. The van der Waals surface area contributed by atoms with Crippen molar-refractivity contribution < 1.29 is 17.2 Å². The lowest BCUT2D eigenvalue weighted by Gasteiger charge is -2.13. The van der Waals surface area contributed by atoms with E-state index in [0.717, 1.165) is 6.20 Å². The molecule has 0 aliphatic heterocycles. The standard InChI is InChI=1S/C12H14F2N4O2S/c13-12(14,8-15)9-17-21(19,20)11-6-16-18(7-11)10-4-2-1-3-5-10/h1-7,17H,8-9,15H2. The smallest absolute Gasteiger partial charge is 0.273 e. The topological polar surface area (TPSA) is 90.0 Å². The third-order valence-corrected chi connectivity index (χ3v) is 4.07. The number of alkyl halides is 2. The molecule has 6 nitrogen and oxygen atoms in total. The van der Waals surface area contributed by atoms with E-state index in [1.165, 1.54) is 10.9 Å².